The molecule has 0 aliphatic carbocycles. The molecule has 0 aliphatic heterocycles. The van der Waals surface area contributed by atoms with Crippen molar-refractivity contribution in [3.8, 4) is 5.75 Å². The van der Waals surface area contributed by atoms with E-state index < -0.39 is 0 Å². The highest BCUT2D eigenvalue weighted by Gasteiger charge is 2.12. The molecule has 0 saturated heterocycles. The second-order valence-electron chi connectivity index (χ2n) is 4.59. The van der Waals surface area contributed by atoms with Gasteiger partial charge in [-0.1, -0.05) is 12.1 Å². The number of benzene rings is 1. The average molecular weight is 301 g/mol. The van der Waals surface area contributed by atoms with Gasteiger partial charge >= 0.3 is 0 Å². The van der Waals surface area contributed by atoms with Crippen molar-refractivity contribution >= 4 is 12.0 Å². The standard InChI is InChI=1S/C17H19NO4/c1-20-15-6-3-5-13(11-15)16(21-2)12-18-17(19)9-8-14-7-4-10-22-14/h3-11,16H,12H2,1-2H3,(H,18,19)/b9-8+. The summed E-state index contributed by atoms with van der Waals surface area (Å²) < 4.78 is 15.7. The summed E-state index contributed by atoms with van der Waals surface area (Å²) in [6, 6.07) is 11.1. The number of ether oxygens (including phenoxy) is 2. The Bertz CT molecular complexity index is 619. The first-order valence-corrected chi connectivity index (χ1v) is 6.89. The topological polar surface area (TPSA) is 60.7 Å². The van der Waals surface area contributed by atoms with Crippen LogP contribution < -0.4 is 10.1 Å². The molecule has 0 fully saturated rings. The molecule has 5 nitrogen and oxygen atoms in total. The summed E-state index contributed by atoms with van der Waals surface area (Å²) in [6.45, 7) is 0.366. The van der Waals surface area contributed by atoms with E-state index in [1.165, 1.54) is 6.08 Å². The molecule has 1 aromatic heterocycles. The van der Waals surface area contributed by atoms with E-state index in [0.717, 1.165) is 11.3 Å². The summed E-state index contributed by atoms with van der Waals surface area (Å²) in [5, 5.41) is 2.80. The first kappa shape index (κ1) is 15.9. The van der Waals surface area contributed by atoms with Gasteiger partial charge < -0.3 is 19.2 Å². The van der Waals surface area contributed by atoms with Gasteiger partial charge in [-0.3, -0.25) is 4.79 Å². The van der Waals surface area contributed by atoms with E-state index in [9.17, 15) is 4.79 Å². The quantitative estimate of drug-likeness (QED) is 0.799. The molecule has 0 aliphatic rings. The summed E-state index contributed by atoms with van der Waals surface area (Å²) in [4.78, 5) is 11.8. The monoisotopic (exact) mass is 301 g/mol. The van der Waals surface area contributed by atoms with Gasteiger partial charge in [-0.25, -0.2) is 0 Å². The number of rotatable bonds is 7. The summed E-state index contributed by atoms with van der Waals surface area (Å²) in [6.07, 6.45) is 4.36. The van der Waals surface area contributed by atoms with Crippen molar-refractivity contribution in [3.05, 3.63) is 60.1 Å². The maximum Gasteiger partial charge on any atom is 0.244 e. The van der Waals surface area contributed by atoms with Crippen molar-refractivity contribution in [1.82, 2.24) is 5.32 Å². The van der Waals surface area contributed by atoms with Crippen LogP contribution in [0.1, 0.15) is 17.4 Å². The Morgan fingerprint density at radius 2 is 2.18 bits per heavy atom. The van der Waals surface area contributed by atoms with Crippen LogP contribution >= 0.6 is 0 Å². The fourth-order valence-corrected chi connectivity index (χ4v) is 1.98. The minimum absolute atomic E-state index is 0.207. The Morgan fingerprint density at radius 1 is 1.32 bits per heavy atom. The highest BCUT2D eigenvalue weighted by Crippen LogP contribution is 2.20. The normalized spacial score (nSPS) is 12.3. The van der Waals surface area contributed by atoms with Crippen LogP contribution in [0.3, 0.4) is 0 Å². The fourth-order valence-electron chi connectivity index (χ4n) is 1.98. The van der Waals surface area contributed by atoms with Crippen molar-refractivity contribution in [1.29, 1.82) is 0 Å². The van der Waals surface area contributed by atoms with E-state index in [1.54, 1.807) is 38.7 Å². The highest BCUT2D eigenvalue weighted by atomic mass is 16.5. The first-order chi connectivity index (χ1) is 10.7. The molecule has 5 heteroatoms. The molecule has 22 heavy (non-hydrogen) atoms. The predicted molar refractivity (Wildman–Crippen MR) is 83.5 cm³/mol. The lowest BCUT2D eigenvalue weighted by atomic mass is 10.1. The van der Waals surface area contributed by atoms with Crippen molar-refractivity contribution in [2.24, 2.45) is 0 Å². The van der Waals surface area contributed by atoms with Crippen molar-refractivity contribution < 1.29 is 18.7 Å². The molecule has 2 aromatic rings. The summed E-state index contributed by atoms with van der Waals surface area (Å²) in [7, 11) is 3.22. The third-order valence-corrected chi connectivity index (χ3v) is 3.15. The second kappa shape index (κ2) is 8.05. The molecular formula is C17H19NO4. The lowest BCUT2D eigenvalue weighted by molar-refractivity contribution is -0.117. The zero-order valence-electron chi connectivity index (χ0n) is 12.6. The third-order valence-electron chi connectivity index (χ3n) is 3.15. The van der Waals surface area contributed by atoms with Crippen LogP contribution in [0.25, 0.3) is 6.08 Å². The molecule has 0 radical (unpaired) electrons. The van der Waals surface area contributed by atoms with Crippen LogP contribution in [0.15, 0.2) is 53.2 Å². The Balaban J connectivity index is 1.91. The summed E-state index contributed by atoms with van der Waals surface area (Å²) >= 11 is 0. The van der Waals surface area contributed by atoms with E-state index in [2.05, 4.69) is 5.32 Å². The minimum atomic E-state index is -0.240. The van der Waals surface area contributed by atoms with Crippen LogP contribution in [0.5, 0.6) is 5.75 Å². The zero-order chi connectivity index (χ0) is 15.8. The van der Waals surface area contributed by atoms with Gasteiger partial charge in [0.1, 0.15) is 11.5 Å². The van der Waals surface area contributed by atoms with E-state index >= 15 is 0 Å². The Morgan fingerprint density at radius 3 is 2.86 bits per heavy atom. The lowest BCUT2D eigenvalue weighted by Gasteiger charge is -2.16. The number of carbonyl (C=O) groups is 1. The van der Waals surface area contributed by atoms with Gasteiger partial charge in [0.05, 0.1) is 19.5 Å². The second-order valence-corrected chi connectivity index (χ2v) is 4.59. The van der Waals surface area contributed by atoms with Crippen LogP contribution in [0.4, 0.5) is 0 Å². The Labute approximate surface area is 129 Å². The number of methoxy groups -OCH3 is 2. The van der Waals surface area contributed by atoms with Gasteiger partial charge in [-0.15, -0.1) is 0 Å². The molecule has 1 amide bonds. The maximum atomic E-state index is 11.8. The van der Waals surface area contributed by atoms with Gasteiger partial charge in [-0.2, -0.15) is 0 Å². The minimum Gasteiger partial charge on any atom is -0.497 e. The third kappa shape index (κ3) is 4.49. The number of nitrogens with one attached hydrogen (secondary N) is 1. The van der Waals surface area contributed by atoms with Crippen molar-refractivity contribution in [2.45, 2.75) is 6.10 Å². The number of hydrogen-bond donors (Lipinski definition) is 1. The Kier molecular flexibility index (Phi) is 5.80. The summed E-state index contributed by atoms with van der Waals surface area (Å²) in [5.41, 5.74) is 0.942. The van der Waals surface area contributed by atoms with Gasteiger partial charge in [0.2, 0.25) is 5.91 Å². The van der Waals surface area contributed by atoms with E-state index in [4.69, 9.17) is 13.9 Å². The van der Waals surface area contributed by atoms with Crippen molar-refractivity contribution in [3.63, 3.8) is 0 Å². The van der Waals surface area contributed by atoms with Gasteiger partial charge in [0, 0.05) is 19.7 Å². The van der Waals surface area contributed by atoms with Crippen molar-refractivity contribution in [2.75, 3.05) is 20.8 Å². The zero-order valence-corrected chi connectivity index (χ0v) is 12.6. The number of furan rings is 1. The molecule has 2 rings (SSSR count). The first-order valence-electron chi connectivity index (χ1n) is 6.89. The van der Waals surface area contributed by atoms with E-state index in [1.807, 2.05) is 24.3 Å². The Hall–Kier alpha value is -2.53. The molecule has 0 saturated carbocycles. The molecule has 1 N–H and O–H groups in total. The fraction of sp³-hybridized carbons (Fsp3) is 0.235. The molecule has 1 heterocycles. The van der Waals surface area contributed by atoms with Crippen LogP contribution in [0.2, 0.25) is 0 Å². The van der Waals surface area contributed by atoms with Gasteiger partial charge in [0.25, 0.3) is 0 Å². The lowest BCUT2D eigenvalue weighted by Crippen LogP contribution is -2.27. The smallest absolute Gasteiger partial charge is 0.244 e. The average Bonchev–Trinajstić information content (AvgIpc) is 3.07. The molecule has 1 aromatic carbocycles. The maximum absolute atomic E-state index is 11.8. The van der Waals surface area contributed by atoms with E-state index in [-0.39, 0.29) is 12.0 Å². The predicted octanol–water partition coefficient (Wildman–Crippen LogP) is 2.81. The van der Waals surface area contributed by atoms with Crippen LogP contribution in [-0.4, -0.2) is 26.7 Å². The molecule has 0 bridgehead atoms. The largest absolute Gasteiger partial charge is 0.497 e. The molecular weight excluding hydrogens is 282 g/mol. The molecule has 1 atom stereocenters. The summed E-state index contributed by atoms with van der Waals surface area (Å²) in [5.74, 6) is 1.18. The van der Waals surface area contributed by atoms with Gasteiger partial charge in [0.15, 0.2) is 0 Å². The molecule has 0 spiro atoms. The van der Waals surface area contributed by atoms with Crippen LogP contribution in [-0.2, 0) is 9.53 Å². The number of hydrogen-bond acceptors (Lipinski definition) is 4. The SMILES string of the molecule is COc1cccc(C(CNC(=O)/C=C/c2ccco2)OC)c1. The number of amides is 1. The van der Waals surface area contributed by atoms with Crippen LogP contribution in [0, 0.1) is 0 Å². The molecule has 116 valence electrons. The van der Waals surface area contributed by atoms with E-state index in [0.29, 0.717) is 12.3 Å². The number of carbonyl (C=O) groups excluding carboxylic acids is 1. The molecule has 1 unspecified atom stereocenters. The van der Waals surface area contributed by atoms with Gasteiger partial charge in [-0.05, 0) is 35.9 Å². The highest BCUT2D eigenvalue weighted by molar-refractivity contribution is 5.91.